The fraction of sp³-hybridized carbons (Fsp3) is 0.250. The Balaban J connectivity index is 2.01. The number of esters is 1. The van der Waals surface area contributed by atoms with E-state index in [1.807, 2.05) is 6.07 Å². The predicted octanol–water partition coefficient (Wildman–Crippen LogP) is 1.61. The second kappa shape index (κ2) is 6.35. The maximum absolute atomic E-state index is 11.4. The van der Waals surface area contributed by atoms with E-state index >= 15 is 0 Å². The van der Waals surface area contributed by atoms with Gasteiger partial charge in [0.15, 0.2) is 0 Å². The van der Waals surface area contributed by atoms with Gasteiger partial charge in [-0.2, -0.15) is 0 Å². The van der Waals surface area contributed by atoms with Gasteiger partial charge in [0.25, 0.3) is 5.22 Å². The average Bonchev–Trinajstić information content (AvgIpc) is 2.92. The van der Waals surface area contributed by atoms with E-state index in [0.29, 0.717) is 22.4 Å². The molecule has 1 aromatic carbocycles. The molecule has 19 heavy (non-hydrogen) atoms. The van der Waals surface area contributed by atoms with Crippen LogP contribution in [0.25, 0.3) is 0 Å². The summed E-state index contributed by atoms with van der Waals surface area (Å²) < 4.78 is 9.95. The van der Waals surface area contributed by atoms with E-state index in [4.69, 9.17) is 10.2 Å². The van der Waals surface area contributed by atoms with Crippen LogP contribution in [0.2, 0.25) is 0 Å². The van der Waals surface area contributed by atoms with E-state index in [9.17, 15) is 4.79 Å². The summed E-state index contributed by atoms with van der Waals surface area (Å²) in [5.74, 6) is 0.678. The predicted molar refractivity (Wildman–Crippen MR) is 69.5 cm³/mol. The zero-order chi connectivity index (χ0) is 13.7. The fourth-order valence-corrected chi connectivity index (χ4v) is 2.15. The Morgan fingerprint density at radius 3 is 3.00 bits per heavy atom. The lowest BCUT2D eigenvalue weighted by atomic mass is 10.1. The Labute approximate surface area is 114 Å². The average molecular weight is 279 g/mol. The summed E-state index contributed by atoms with van der Waals surface area (Å²) in [6, 6.07) is 7.21. The molecule has 1 aromatic heterocycles. The minimum atomic E-state index is -0.352. The Kier molecular flexibility index (Phi) is 4.53. The van der Waals surface area contributed by atoms with Gasteiger partial charge in [-0.3, -0.25) is 0 Å². The van der Waals surface area contributed by atoms with Crippen molar-refractivity contribution in [3.63, 3.8) is 0 Å². The van der Waals surface area contributed by atoms with E-state index in [-0.39, 0.29) is 12.5 Å². The van der Waals surface area contributed by atoms with Crippen LogP contribution in [0.15, 0.2) is 33.9 Å². The van der Waals surface area contributed by atoms with Crippen LogP contribution in [0.4, 0.5) is 0 Å². The van der Waals surface area contributed by atoms with Crippen LogP contribution in [-0.4, -0.2) is 23.3 Å². The molecule has 0 spiro atoms. The first-order valence-corrected chi connectivity index (χ1v) is 6.54. The number of rotatable bonds is 5. The molecule has 1 heterocycles. The fourth-order valence-electron chi connectivity index (χ4n) is 1.43. The number of carbonyl (C=O) groups is 1. The largest absolute Gasteiger partial charge is 0.465 e. The van der Waals surface area contributed by atoms with Crippen LogP contribution in [-0.2, 0) is 17.0 Å². The molecule has 0 saturated carbocycles. The summed E-state index contributed by atoms with van der Waals surface area (Å²) in [7, 11) is 1.36. The summed E-state index contributed by atoms with van der Waals surface area (Å²) in [4.78, 5) is 11.4. The van der Waals surface area contributed by atoms with Crippen LogP contribution >= 0.6 is 11.8 Å². The van der Waals surface area contributed by atoms with Crippen molar-refractivity contribution in [2.45, 2.75) is 17.5 Å². The molecule has 0 aliphatic carbocycles. The van der Waals surface area contributed by atoms with Crippen LogP contribution < -0.4 is 5.73 Å². The van der Waals surface area contributed by atoms with Gasteiger partial charge < -0.3 is 14.9 Å². The van der Waals surface area contributed by atoms with Crippen molar-refractivity contribution in [3.05, 3.63) is 41.3 Å². The molecule has 2 N–H and O–H groups in total. The zero-order valence-corrected chi connectivity index (χ0v) is 11.1. The quantitative estimate of drug-likeness (QED) is 0.656. The molecule has 7 heteroatoms. The first-order chi connectivity index (χ1) is 9.22. The number of hydrogen-bond donors (Lipinski definition) is 1. The van der Waals surface area contributed by atoms with Crippen molar-refractivity contribution in [1.82, 2.24) is 10.2 Å². The van der Waals surface area contributed by atoms with Gasteiger partial charge >= 0.3 is 5.97 Å². The van der Waals surface area contributed by atoms with Gasteiger partial charge in [-0.15, -0.1) is 10.2 Å². The molecule has 0 aliphatic heterocycles. The molecule has 0 radical (unpaired) electrons. The smallest absolute Gasteiger partial charge is 0.337 e. The highest BCUT2D eigenvalue weighted by atomic mass is 32.2. The molecule has 2 rings (SSSR count). The lowest BCUT2D eigenvalue weighted by molar-refractivity contribution is 0.0600. The van der Waals surface area contributed by atoms with Crippen LogP contribution in [0.3, 0.4) is 0 Å². The van der Waals surface area contributed by atoms with E-state index in [1.165, 1.54) is 18.9 Å². The van der Waals surface area contributed by atoms with Crippen LogP contribution in [0, 0.1) is 0 Å². The second-order valence-corrected chi connectivity index (χ2v) is 4.57. The number of benzene rings is 1. The molecule has 0 bridgehead atoms. The summed E-state index contributed by atoms with van der Waals surface area (Å²) in [5.41, 5.74) is 6.88. The minimum Gasteiger partial charge on any atom is -0.465 e. The molecule has 0 amide bonds. The lowest BCUT2D eigenvalue weighted by Crippen LogP contribution is -2.01. The number of aromatic nitrogens is 2. The van der Waals surface area contributed by atoms with E-state index in [1.54, 1.807) is 18.2 Å². The van der Waals surface area contributed by atoms with E-state index < -0.39 is 0 Å². The van der Waals surface area contributed by atoms with Crippen LogP contribution in [0.5, 0.6) is 0 Å². The maximum atomic E-state index is 11.4. The highest BCUT2D eigenvalue weighted by Crippen LogP contribution is 2.21. The Bertz CT molecular complexity index is 571. The molecule has 0 fully saturated rings. The lowest BCUT2D eigenvalue weighted by Gasteiger charge is -2.02. The molecule has 6 nitrogen and oxygen atoms in total. The number of hydrogen-bond acceptors (Lipinski definition) is 7. The van der Waals surface area contributed by atoms with E-state index in [0.717, 1.165) is 5.56 Å². The van der Waals surface area contributed by atoms with Gasteiger partial charge in [0.2, 0.25) is 5.89 Å². The van der Waals surface area contributed by atoms with Crippen molar-refractivity contribution in [2.75, 3.05) is 7.11 Å². The van der Waals surface area contributed by atoms with Crippen molar-refractivity contribution in [3.8, 4) is 0 Å². The van der Waals surface area contributed by atoms with Gasteiger partial charge in [-0.25, -0.2) is 4.79 Å². The normalized spacial score (nSPS) is 10.4. The van der Waals surface area contributed by atoms with Crippen molar-refractivity contribution in [2.24, 2.45) is 5.73 Å². The summed E-state index contributed by atoms with van der Waals surface area (Å²) in [5, 5.41) is 8.08. The van der Waals surface area contributed by atoms with Gasteiger partial charge in [-0.05, 0) is 17.7 Å². The number of nitrogens with two attached hydrogens (primary N) is 1. The number of ether oxygens (including phenoxy) is 1. The van der Waals surface area contributed by atoms with Crippen molar-refractivity contribution >= 4 is 17.7 Å². The molecule has 0 saturated heterocycles. The summed E-state index contributed by atoms with van der Waals surface area (Å²) >= 11 is 1.39. The molecule has 0 aliphatic rings. The monoisotopic (exact) mass is 279 g/mol. The molecule has 0 atom stereocenters. The third-order valence-corrected chi connectivity index (χ3v) is 3.22. The van der Waals surface area contributed by atoms with Gasteiger partial charge in [0, 0.05) is 5.75 Å². The Morgan fingerprint density at radius 2 is 2.32 bits per heavy atom. The first kappa shape index (κ1) is 13.6. The summed E-state index contributed by atoms with van der Waals surface area (Å²) in [6.45, 7) is 0.228. The second-order valence-electron chi connectivity index (χ2n) is 3.65. The molecule has 100 valence electrons. The molecule has 2 aromatic rings. The number of carbonyl (C=O) groups excluding carboxylic acids is 1. The number of methoxy groups -OCH3 is 1. The number of thioether (sulfide) groups is 1. The van der Waals surface area contributed by atoms with Gasteiger partial charge in [-0.1, -0.05) is 23.9 Å². The first-order valence-electron chi connectivity index (χ1n) is 5.55. The molecular weight excluding hydrogens is 266 g/mol. The highest BCUT2D eigenvalue weighted by Gasteiger charge is 2.08. The third kappa shape index (κ3) is 3.55. The Hall–Kier alpha value is -1.86. The molecular formula is C12H13N3O3S. The molecule has 0 unspecified atom stereocenters. The van der Waals surface area contributed by atoms with Crippen molar-refractivity contribution in [1.29, 1.82) is 0 Å². The van der Waals surface area contributed by atoms with Gasteiger partial charge in [0.1, 0.15) is 0 Å². The third-order valence-electron chi connectivity index (χ3n) is 2.33. The van der Waals surface area contributed by atoms with E-state index in [2.05, 4.69) is 14.9 Å². The SMILES string of the molecule is COC(=O)c1cccc(CSc2nnc(CN)o2)c1. The number of nitrogens with zero attached hydrogens (tertiary/aromatic N) is 2. The standard InChI is InChI=1S/C12H13N3O3S/c1-17-11(16)9-4-2-3-8(5-9)7-19-12-15-14-10(6-13)18-12/h2-5H,6-7,13H2,1H3. The Morgan fingerprint density at radius 1 is 1.47 bits per heavy atom. The highest BCUT2D eigenvalue weighted by molar-refractivity contribution is 7.98. The van der Waals surface area contributed by atoms with Crippen molar-refractivity contribution < 1.29 is 13.9 Å². The topological polar surface area (TPSA) is 91.2 Å². The van der Waals surface area contributed by atoms with Gasteiger partial charge in [0.05, 0.1) is 19.2 Å². The maximum Gasteiger partial charge on any atom is 0.337 e. The minimum absolute atomic E-state index is 0.228. The zero-order valence-electron chi connectivity index (χ0n) is 10.3. The summed E-state index contributed by atoms with van der Waals surface area (Å²) in [6.07, 6.45) is 0. The van der Waals surface area contributed by atoms with Crippen LogP contribution in [0.1, 0.15) is 21.8 Å².